The van der Waals surface area contributed by atoms with E-state index in [0.29, 0.717) is 19.3 Å². The number of carbonyl (C=O) groups is 10. The van der Waals surface area contributed by atoms with Gasteiger partial charge in [0, 0.05) is 13.1 Å². The molecule has 0 radical (unpaired) electrons. The number of nitrogens with two attached hydrogens (primary N) is 4. The molecule has 1 fully saturated rings. The Bertz CT molecular complexity index is 1570. The summed E-state index contributed by atoms with van der Waals surface area (Å²) in [6.45, 7) is 3.57. The van der Waals surface area contributed by atoms with Crippen molar-refractivity contribution in [3.8, 4) is 0 Å². The van der Waals surface area contributed by atoms with Gasteiger partial charge < -0.3 is 75.3 Å². The van der Waals surface area contributed by atoms with Crippen LogP contribution >= 0.6 is 0 Å². The Morgan fingerprint density at radius 3 is 1.90 bits per heavy atom. The highest BCUT2D eigenvalue weighted by Crippen LogP contribution is 2.18. The average Bonchev–Trinajstić information content (AvgIpc) is 3.67. The quantitative estimate of drug-likeness (QED) is 0.0208. The van der Waals surface area contributed by atoms with Crippen molar-refractivity contribution < 1.29 is 58.2 Å². The van der Waals surface area contributed by atoms with Gasteiger partial charge in [-0.1, -0.05) is 13.8 Å². The predicted molar refractivity (Wildman–Crippen MR) is 213 cm³/mol. The molecule has 25 heteroatoms. The maximum Gasteiger partial charge on any atom is 0.326 e. The van der Waals surface area contributed by atoms with Crippen molar-refractivity contribution in [2.45, 2.75) is 108 Å². The molecule has 0 aromatic heterocycles. The minimum atomic E-state index is -1.73. The van der Waals surface area contributed by atoms with Gasteiger partial charge in [-0.15, -0.1) is 0 Å². The van der Waals surface area contributed by atoms with Crippen molar-refractivity contribution in [3.05, 3.63) is 0 Å². The van der Waals surface area contributed by atoms with E-state index in [1.807, 2.05) is 0 Å². The molecule has 8 amide bonds. The van der Waals surface area contributed by atoms with E-state index >= 15 is 0 Å². The van der Waals surface area contributed by atoms with Crippen LogP contribution in [0.4, 0.5) is 0 Å². The van der Waals surface area contributed by atoms with Crippen molar-refractivity contribution >= 4 is 65.2 Å². The number of nitrogens with zero attached hydrogens (tertiary/aromatic N) is 2. The summed E-state index contributed by atoms with van der Waals surface area (Å²) in [6.07, 6.45) is 0.794. The van der Waals surface area contributed by atoms with Gasteiger partial charge in [-0.05, 0) is 64.3 Å². The Hall–Kier alpha value is -6.11. The number of unbranched alkanes of at least 4 members (excludes halogenated alkanes) is 1. The predicted octanol–water partition coefficient (Wildman–Crippen LogP) is -5.99. The van der Waals surface area contributed by atoms with E-state index in [9.17, 15) is 58.2 Å². The first-order valence-corrected chi connectivity index (χ1v) is 19.5. The molecular weight excluding hydrogens is 794 g/mol. The van der Waals surface area contributed by atoms with Gasteiger partial charge in [-0.2, -0.15) is 0 Å². The molecule has 6 atom stereocenters. The number of carboxylic acids is 2. The van der Waals surface area contributed by atoms with E-state index in [0.717, 1.165) is 0 Å². The second-order valence-corrected chi connectivity index (χ2v) is 14.3. The van der Waals surface area contributed by atoms with Crippen molar-refractivity contribution in [2.75, 3.05) is 39.3 Å². The molecular formula is C35H61N13O12. The number of amides is 8. The third-order valence-corrected chi connectivity index (χ3v) is 9.06. The summed E-state index contributed by atoms with van der Waals surface area (Å²) in [6, 6.07) is -7.80. The summed E-state index contributed by atoms with van der Waals surface area (Å²) in [7, 11) is 0. The van der Waals surface area contributed by atoms with Crippen LogP contribution in [0.15, 0.2) is 4.99 Å². The van der Waals surface area contributed by atoms with Gasteiger partial charge in [0.1, 0.15) is 36.3 Å². The largest absolute Gasteiger partial charge is 0.481 e. The number of aliphatic imine (C=N–C) groups is 1. The molecule has 25 nitrogen and oxygen atoms in total. The van der Waals surface area contributed by atoms with Crippen molar-refractivity contribution in [1.29, 1.82) is 0 Å². The monoisotopic (exact) mass is 855 g/mol. The van der Waals surface area contributed by atoms with Gasteiger partial charge in [0.25, 0.3) is 0 Å². The maximum absolute atomic E-state index is 13.6. The highest BCUT2D eigenvalue weighted by atomic mass is 16.4. The van der Waals surface area contributed by atoms with Gasteiger partial charge in [0.05, 0.1) is 26.1 Å². The van der Waals surface area contributed by atoms with Gasteiger partial charge in [0.2, 0.25) is 47.3 Å². The molecule has 0 bridgehead atoms. The Balaban J connectivity index is 2.99. The molecule has 17 N–H and O–H groups in total. The van der Waals surface area contributed by atoms with Gasteiger partial charge in [0.15, 0.2) is 5.96 Å². The zero-order chi connectivity index (χ0) is 45.5. The van der Waals surface area contributed by atoms with E-state index in [1.54, 1.807) is 13.8 Å². The van der Waals surface area contributed by atoms with Crippen molar-refractivity contribution in [2.24, 2.45) is 33.8 Å². The van der Waals surface area contributed by atoms with Gasteiger partial charge >= 0.3 is 11.9 Å². The Morgan fingerprint density at radius 1 is 0.717 bits per heavy atom. The first-order chi connectivity index (χ1) is 28.2. The van der Waals surface area contributed by atoms with E-state index in [2.05, 4.69) is 42.2 Å². The minimum absolute atomic E-state index is 0.0362. The van der Waals surface area contributed by atoms with Crippen LogP contribution in [0.5, 0.6) is 0 Å². The second kappa shape index (κ2) is 26.8. The third-order valence-electron chi connectivity index (χ3n) is 9.06. The zero-order valence-electron chi connectivity index (χ0n) is 34.1. The van der Waals surface area contributed by atoms with Crippen LogP contribution in [0.25, 0.3) is 0 Å². The molecule has 1 heterocycles. The van der Waals surface area contributed by atoms with Crippen LogP contribution in [-0.4, -0.2) is 156 Å². The number of likely N-dealkylation sites (tertiary alicyclic amines) is 1. The highest BCUT2D eigenvalue weighted by Gasteiger charge is 2.37. The average molecular weight is 856 g/mol. The van der Waals surface area contributed by atoms with Crippen molar-refractivity contribution in [3.63, 3.8) is 0 Å². The molecule has 338 valence electrons. The summed E-state index contributed by atoms with van der Waals surface area (Å²) < 4.78 is 0. The van der Waals surface area contributed by atoms with Crippen LogP contribution < -0.4 is 60.2 Å². The number of carbonyl (C=O) groups excluding carboxylic acids is 8. The molecule has 1 saturated heterocycles. The van der Waals surface area contributed by atoms with Gasteiger partial charge in [-0.25, -0.2) is 4.79 Å². The van der Waals surface area contributed by atoms with Gasteiger partial charge in [-0.3, -0.25) is 48.1 Å². The van der Waals surface area contributed by atoms with E-state index in [-0.39, 0.29) is 57.8 Å². The number of carboxylic acid groups (broad SMARTS) is 2. The molecule has 0 saturated carbocycles. The lowest BCUT2D eigenvalue weighted by Gasteiger charge is -2.28. The van der Waals surface area contributed by atoms with E-state index < -0.39 is 121 Å². The summed E-state index contributed by atoms with van der Waals surface area (Å²) in [5, 5.41) is 35.8. The fourth-order valence-electron chi connectivity index (χ4n) is 5.92. The first kappa shape index (κ1) is 51.9. The molecule has 60 heavy (non-hydrogen) atoms. The summed E-state index contributed by atoms with van der Waals surface area (Å²) in [5.41, 5.74) is 21.4. The van der Waals surface area contributed by atoms with E-state index in [1.165, 1.54) is 11.8 Å². The molecule has 1 rings (SSSR count). The number of nitrogens with one attached hydrogen (secondary N) is 7. The molecule has 0 aliphatic carbocycles. The third kappa shape index (κ3) is 19.1. The second-order valence-electron chi connectivity index (χ2n) is 14.3. The molecule has 1 aliphatic rings. The Kier molecular flexibility index (Phi) is 23.2. The van der Waals surface area contributed by atoms with Crippen molar-refractivity contribution in [1.82, 2.24) is 42.1 Å². The molecule has 0 aromatic rings. The topological polar surface area (TPSA) is 415 Å². The fourth-order valence-corrected chi connectivity index (χ4v) is 5.92. The first-order valence-electron chi connectivity index (χ1n) is 19.5. The minimum Gasteiger partial charge on any atom is -0.481 e. The Morgan fingerprint density at radius 2 is 1.32 bits per heavy atom. The standard InChI is InChI=1S/C35H61N13O12/c1-18(2)28(32(57)45-20(8-4-5-11-36)29(54)46-21(34(59)60)9-6-12-40-35(38)39)47-30(55)22(14-27(52)53)44-26(51)17-42-31(56)23-10-7-13-48(23)33(58)19(3)43-25(50)16-41-24(49)15-37/h18-23,28H,4-17,36-37H2,1-3H3,(H,41,49)(H,42,56)(H,43,50)(H,44,51)(H,45,57)(H,46,54)(H,47,55)(H,52,53)(H,59,60)(H4,38,39,40)/t19-,20-,21-,22-,23-,28-/m0/s1. The normalized spacial score (nSPS) is 15.8. The number of aliphatic carboxylic acids is 2. The number of guanidine groups is 1. The summed E-state index contributed by atoms with van der Waals surface area (Å²) in [4.78, 5) is 131. The summed E-state index contributed by atoms with van der Waals surface area (Å²) in [5.74, 6) is -9.96. The lowest BCUT2D eigenvalue weighted by Crippen LogP contribution is -2.59. The van der Waals surface area contributed by atoms with E-state index in [4.69, 9.17) is 22.9 Å². The SMILES string of the molecule is CC(C)[C@H](NC(=O)[C@H](CC(=O)O)NC(=O)CNC(=O)[C@@H]1CCCN1C(=O)[C@H](C)NC(=O)CNC(=O)CN)C(=O)N[C@@H](CCCCN)C(=O)N[C@@H](CCCN=C(N)N)C(=O)O. The fraction of sp³-hybridized carbons (Fsp3) is 0.686. The number of rotatable bonds is 27. The number of hydrogen-bond acceptors (Lipinski definition) is 13. The molecule has 0 spiro atoms. The highest BCUT2D eigenvalue weighted by molar-refractivity contribution is 5.98. The summed E-state index contributed by atoms with van der Waals surface area (Å²) >= 11 is 0. The van der Waals surface area contributed by atoms with Crippen LogP contribution in [0.1, 0.15) is 72.1 Å². The lowest BCUT2D eigenvalue weighted by atomic mass is 10.0. The van der Waals surface area contributed by atoms with Crippen LogP contribution in [0.2, 0.25) is 0 Å². The maximum atomic E-state index is 13.6. The Labute approximate surface area is 346 Å². The van der Waals surface area contributed by atoms with Crippen LogP contribution in [0, 0.1) is 5.92 Å². The zero-order valence-corrected chi connectivity index (χ0v) is 34.1. The van der Waals surface area contributed by atoms with Crippen LogP contribution in [0.3, 0.4) is 0 Å². The molecule has 1 aliphatic heterocycles. The molecule has 0 unspecified atom stereocenters. The van der Waals surface area contributed by atoms with Crippen LogP contribution in [-0.2, 0) is 47.9 Å². The smallest absolute Gasteiger partial charge is 0.326 e. The number of hydrogen-bond donors (Lipinski definition) is 13. The molecule has 0 aromatic carbocycles. The lowest BCUT2D eigenvalue weighted by molar-refractivity contribution is -0.142.